The summed E-state index contributed by atoms with van der Waals surface area (Å²) in [7, 11) is 0. The van der Waals surface area contributed by atoms with Gasteiger partial charge in [-0.05, 0) is 36.0 Å². The molecule has 0 spiro atoms. The van der Waals surface area contributed by atoms with Crippen molar-refractivity contribution in [1.82, 2.24) is 15.0 Å². The molecule has 0 unspecified atom stereocenters. The minimum Gasteiger partial charge on any atom is -0.341 e. The molecule has 18 heavy (non-hydrogen) atoms. The van der Waals surface area contributed by atoms with Crippen molar-refractivity contribution in [2.24, 2.45) is 5.92 Å². The highest BCUT2D eigenvalue weighted by molar-refractivity contribution is 6.31. The maximum absolute atomic E-state index is 12.5. The van der Waals surface area contributed by atoms with Gasteiger partial charge in [0, 0.05) is 13.1 Å². The second kappa shape index (κ2) is 5.05. The van der Waals surface area contributed by atoms with Gasteiger partial charge in [-0.15, -0.1) is 0 Å². The van der Waals surface area contributed by atoms with E-state index >= 15 is 0 Å². The molecule has 1 aromatic rings. The summed E-state index contributed by atoms with van der Waals surface area (Å²) in [5, 5.41) is -0.133. The molecule has 1 fully saturated rings. The van der Waals surface area contributed by atoms with E-state index < -0.39 is 12.1 Å². The van der Waals surface area contributed by atoms with Crippen LogP contribution in [0.4, 0.5) is 19.1 Å². The van der Waals surface area contributed by atoms with E-state index in [1.165, 1.54) is 0 Å². The first kappa shape index (κ1) is 13.6. The molecule has 0 saturated carbocycles. The van der Waals surface area contributed by atoms with Gasteiger partial charge in [-0.2, -0.15) is 28.1 Å². The van der Waals surface area contributed by atoms with Crippen LogP contribution in [0.5, 0.6) is 0 Å². The van der Waals surface area contributed by atoms with Crippen LogP contribution in [0.15, 0.2) is 0 Å². The number of anilines is 1. The van der Waals surface area contributed by atoms with E-state index in [4.69, 9.17) is 23.2 Å². The number of halogens is 5. The molecule has 1 aliphatic heterocycles. The smallest absolute Gasteiger partial charge is 0.341 e. The quantitative estimate of drug-likeness (QED) is 0.800. The van der Waals surface area contributed by atoms with E-state index in [2.05, 4.69) is 15.0 Å². The Kier molecular flexibility index (Phi) is 3.82. The summed E-state index contributed by atoms with van der Waals surface area (Å²) in [6, 6.07) is 0. The van der Waals surface area contributed by atoms with Gasteiger partial charge in [0.25, 0.3) is 0 Å². The van der Waals surface area contributed by atoms with Gasteiger partial charge in [0.05, 0.1) is 5.92 Å². The van der Waals surface area contributed by atoms with Crippen molar-refractivity contribution in [3.05, 3.63) is 10.6 Å². The van der Waals surface area contributed by atoms with E-state index in [0.29, 0.717) is 0 Å². The topological polar surface area (TPSA) is 41.9 Å². The largest absolute Gasteiger partial charge is 0.391 e. The second-order valence-electron chi connectivity index (χ2n) is 3.98. The van der Waals surface area contributed by atoms with Gasteiger partial charge in [0.2, 0.25) is 16.5 Å². The third kappa shape index (κ3) is 3.14. The van der Waals surface area contributed by atoms with Gasteiger partial charge in [-0.3, -0.25) is 0 Å². The lowest BCUT2D eigenvalue weighted by Crippen LogP contribution is -2.39. The molecule has 2 heterocycles. The van der Waals surface area contributed by atoms with Crippen molar-refractivity contribution >= 4 is 29.2 Å². The van der Waals surface area contributed by atoms with Crippen molar-refractivity contribution in [2.45, 2.75) is 19.0 Å². The Balaban J connectivity index is 2.05. The van der Waals surface area contributed by atoms with Crippen LogP contribution in [-0.4, -0.2) is 34.2 Å². The van der Waals surface area contributed by atoms with Crippen LogP contribution in [0.2, 0.25) is 10.6 Å². The highest BCUT2D eigenvalue weighted by Crippen LogP contribution is 2.34. The zero-order valence-corrected chi connectivity index (χ0v) is 10.6. The first-order valence-electron chi connectivity index (χ1n) is 5.25. The fourth-order valence-corrected chi connectivity index (χ4v) is 2.22. The van der Waals surface area contributed by atoms with E-state index in [1.807, 2.05) is 0 Å². The van der Waals surface area contributed by atoms with Crippen molar-refractivity contribution in [3.63, 3.8) is 0 Å². The third-order valence-electron chi connectivity index (χ3n) is 2.81. The number of hydrogen-bond acceptors (Lipinski definition) is 4. The second-order valence-corrected chi connectivity index (χ2v) is 4.65. The molecule has 0 N–H and O–H groups in total. The van der Waals surface area contributed by atoms with Gasteiger partial charge in [0.1, 0.15) is 0 Å². The number of nitrogens with zero attached hydrogens (tertiary/aromatic N) is 4. The molecule has 100 valence electrons. The van der Waals surface area contributed by atoms with Crippen LogP contribution in [0.25, 0.3) is 0 Å². The molecule has 1 aromatic heterocycles. The predicted octanol–water partition coefficient (Wildman–Crippen LogP) is 2.96. The average Bonchev–Trinajstić information content (AvgIpc) is 2.27. The number of piperidine rings is 1. The Hall–Kier alpha value is -0.820. The van der Waals surface area contributed by atoms with Crippen LogP contribution in [0.1, 0.15) is 12.8 Å². The molecular formula is C9H9Cl2F3N4. The van der Waals surface area contributed by atoms with Crippen molar-refractivity contribution < 1.29 is 13.2 Å². The number of hydrogen-bond donors (Lipinski definition) is 0. The van der Waals surface area contributed by atoms with Crippen molar-refractivity contribution in [2.75, 3.05) is 18.0 Å². The summed E-state index contributed by atoms with van der Waals surface area (Å²) < 4.78 is 37.5. The maximum Gasteiger partial charge on any atom is 0.391 e. The summed E-state index contributed by atoms with van der Waals surface area (Å²) in [4.78, 5) is 12.9. The molecule has 0 aromatic carbocycles. The predicted molar refractivity (Wildman–Crippen MR) is 60.8 cm³/mol. The summed E-state index contributed by atoms with van der Waals surface area (Å²) in [6.07, 6.45) is -4.10. The molecule has 1 aliphatic rings. The summed E-state index contributed by atoms with van der Waals surface area (Å²) in [6.45, 7) is 0.446. The number of aromatic nitrogens is 3. The molecule has 4 nitrogen and oxygen atoms in total. The molecule has 2 rings (SSSR count). The van der Waals surface area contributed by atoms with Crippen molar-refractivity contribution in [1.29, 1.82) is 0 Å². The lowest BCUT2D eigenvalue weighted by Gasteiger charge is -2.32. The Labute approximate surface area is 111 Å². The normalized spacial score (nSPS) is 18.2. The molecule has 0 radical (unpaired) electrons. The van der Waals surface area contributed by atoms with Crippen LogP contribution < -0.4 is 4.90 Å². The van der Waals surface area contributed by atoms with Gasteiger partial charge in [-0.25, -0.2) is 0 Å². The lowest BCUT2D eigenvalue weighted by molar-refractivity contribution is -0.179. The van der Waals surface area contributed by atoms with E-state index in [1.54, 1.807) is 4.90 Å². The molecular weight excluding hydrogens is 292 g/mol. The van der Waals surface area contributed by atoms with Crippen LogP contribution in [0, 0.1) is 5.92 Å². The molecule has 0 atom stereocenters. The highest BCUT2D eigenvalue weighted by atomic mass is 35.5. The van der Waals surface area contributed by atoms with E-state index in [9.17, 15) is 13.2 Å². The van der Waals surface area contributed by atoms with Crippen LogP contribution in [0.3, 0.4) is 0 Å². The van der Waals surface area contributed by atoms with Crippen LogP contribution >= 0.6 is 23.2 Å². The summed E-state index contributed by atoms with van der Waals surface area (Å²) >= 11 is 11.2. The van der Waals surface area contributed by atoms with Gasteiger partial charge in [0.15, 0.2) is 0 Å². The standard InChI is InChI=1S/C9H9Cl2F3N4/c10-6-15-7(11)17-8(16-6)18-3-1-5(2-4-18)9(12,13)14/h5H,1-4H2. The summed E-state index contributed by atoms with van der Waals surface area (Å²) in [5.41, 5.74) is 0. The van der Waals surface area contributed by atoms with Gasteiger partial charge in [-0.1, -0.05) is 0 Å². The van der Waals surface area contributed by atoms with Crippen molar-refractivity contribution in [3.8, 4) is 0 Å². The Morgan fingerprint density at radius 3 is 1.94 bits per heavy atom. The van der Waals surface area contributed by atoms with E-state index in [0.717, 1.165) is 0 Å². The Bertz CT molecular complexity index is 412. The fraction of sp³-hybridized carbons (Fsp3) is 0.667. The molecule has 9 heteroatoms. The fourth-order valence-electron chi connectivity index (χ4n) is 1.86. The third-order valence-corrected chi connectivity index (χ3v) is 3.15. The Morgan fingerprint density at radius 1 is 1.00 bits per heavy atom. The Morgan fingerprint density at radius 2 is 1.50 bits per heavy atom. The SMILES string of the molecule is FC(F)(F)C1CCN(c2nc(Cl)nc(Cl)n2)CC1. The minimum absolute atomic E-state index is 0.0183. The zero-order chi connectivity index (χ0) is 13.3. The average molecular weight is 301 g/mol. The maximum atomic E-state index is 12.5. The minimum atomic E-state index is -4.14. The highest BCUT2D eigenvalue weighted by Gasteiger charge is 2.41. The first-order valence-corrected chi connectivity index (χ1v) is 6.00. The van der Waals surface area contributed by atoms with Gasteiger partial charge < -0.3 is 4.90 Å². The number of alkyl halides is 3. The zero-order valence-electron chi connectivity index (χ0n) is 9.08. The lowest BCUT2D eigenvalue weighted by atomic mass is 9.96. The van der Waals surface area contributed by atoms with Crippen LogP contribution in [-0.2, 0) is 0 Å². The van der Waals surface area contributed by atoms with Gasteiger partial charge >= 0.3 is 6.18 Å². The molecule has 1 saturated heterocycles. The first-order chi connectivity index (χ1) is 8.36. The number of rotatable bonds is 1. The molecule has 0 bridgehead atoms. The molecule has 0 aliphatic carbocycles. The van der Waals surface area contributed by atoms with E-state index in [-0.39, 0.29) is 42.4 Å². The monoisotopic (exact) mass is 300 g/mol. The molecule has 0 amide bonds. The summed E-state index contributed by atoms with van der Waals surface area (Å²) in [5.74, 6) is -1.04.